The third-order valence-electron chi connectivity index (χ3n) is 2.97. The fourth-order valence-electron chi connectivity index (χ4n) is 1.79. The highest BCUT2D eigenvalue weighted by Gasteiger charge is 2.45. The first-order chi connectivity index (χ1) is 5.20. The monoisotopic (exact) mass is 158 g/mol. The van der Waals surface area contributed by atoms with Gasteiger partial charge in [0.1, 0.15) is 6.10 Å². The van der Waals surface area contributed by atoms with Crippen LogP contribution in [0.3, 0.4) is 0 Å². The number of hydrogen-bond donors (Lipinski definition) is 1. The van der Waals surface area contributed by atoms with E-state index in [0.29, 0.717) is 18.4 Å². The molecule has 0 aromatic heterocycles. The van der Waals surface area contributed by atoms with Crippen molar-refractivity contribution in [2.24, 2.45) is 11.8 Å². The first-order valence-corrected chi connectivity index (χ1v) is 4.15. The molecule has 0 aromatic carbocycles. The van der Waals surface area contributed by atoms with Gasteiger partial charge in [-0.15, -0.1) is 0 Å². The van der Waals surface area contributed by atoms with Crippen LogP contribution in [-0.4, -0.2) is 30.2 Å². The third-order valence-corrected chi connectivity index (χ3v) is 2.97. The summed E-state index contributed by atoms with van der Waals surface area (Å²) in [5.41, 5.74) is 0. The van der Waals surface area contributed by atoms with Crippen molar-refractivity contribution in [3.05, 3.63) is 0 Å². The molecule has 0 unspecified atom stereocenters. The molecule has 2 fully saturated rings. The maximum atomic E-state index is 9.58. The molecule has 0 spiro atoms. The summed E-state index contributed by atoms with van der Waals surface area (Å²) < 4.78 is 10.7. The molecular formula is C8H14O3. The van der Waals surface area contributed by atoms with Crippen molar-refractivity contribution in [2.45, 2.75) is 32.3 Å². The first-order valence-electron chi connectivity index (χ1n) is 4.15. The van der Waals surface area contributed by atoms with Gasteiger partial charge in [-0.3, -0.25) is 0 Å². The zero-order chi connectivity index (χ0) is 8.01. The maximum absolute atomic E-state index is 9.58. The lowest BCUT2D eigenvalue weighted by molar-refractivity contribution is -0.187. The fourth-order valence-corrected chi connectivity index (χ4v) is 1.79. The van der Waals surface area contributed by atoms with Gasteiger partial charge in [-0.2, -0.15) is 0 Å². The summed E-state index contributed by atoms with van der Waals surface area (Å²) in [6.45, 7) is 4.79. The van der Waals surface area contributed by atoms with Gasteiger partial charge in [-0.05, 0) is 11.8 Å². The van der Waals surface area contributed by atoms with Crippen molar-refractivity contribution >= 4 is 0 Å². The lowest BCUT2D eigenvalue weighted by Gasteiger charge is -2.34. The lowest BCUT2D eigenvalue weighted by atomic mass is 9.85. The van der Waals surface area contributed by atoms with E-state index in [2.05, 4.69) is 6.92 Å². The molecular weight excluding hydrogens is 144 g/mol. The molecule has 2 aliphatic heterocycles. The van der Waals surface area contributed by atoms with E-state index in [1.54, 1.807) is 0 Å². The summed E-state index contributed by atoms with van der Waals surface area (Å²) in [6, 6.07) is 0. The van der Waals surface area contributed by atoms with Crippen LogP contribution in [0, 0.1) is 11.8 Å². The molecule has 2 aliphatic rings. The average molecular weight is 158 g/mol. The average Bonchev–Trinajstić information content (AvgIpc) is 2.44. The normalized spacial score (nSPS) is 56.5. The number of rotatable bonds is 0. The molecule has 2 rings (SSSR count). The number of aliphatic hydroxyl groups excluding tert-OH is 1. The van der Waals surface area contributed by atoms with Gasteiger partial charge in [-0.1, -0.05) is 13.8 Å². The zero-order valence-corrected chi connectivity index (χ0v) is 6.86. The number of hydrogen-bond acceptors (Lipinski definition) is 3. The van der Waals surface area contributed by atoms with Crippen molar-refractivity contribution < 1.29 is 14.6 Å². The molecule has 1 N–H and O–H groups in total. The van der Waals surface area contributed by atoms with E-state index < -0.39 is 6.10 Å². The number of aliphatic hydroxyl groups is 1. The van der Waals surface area contributed by atoms with Crippen LogP contribution in [0.1, 0.15) is 13.8 Å². The summed E-state index contributed by atoms with van der Waals surface area (Å²) >= 11 is 0. The van der Waals surface area contributed by atoms with Gasteiger partial charge in [0.05, 0.1) is 12.7 Å². The summed E-state index contributed by atoms with van der Waals surface area (Å²) in [7, 11) is 0. The molecule has 3 nitrogen and oxygen atoms in total. The van der Waals surface area contributed by atoms with E-state index in [0.717, 1.165) is 0 Å². The standard InChI is InChI=1S/C8H14O3/c1-4-5(2)7(9)8-10-3-6(4)11-8/h4-9H,3H2,1-2H3/t4-,5+,6+,7-,8+/m0/s1. The highest BCUT2D eigenvalue weighted by atomic mass is 16.7. The van der Waals surface area contributed by atoms with Crippen LogP contribution < -0.4 is 0 Å². The Hall–Kier alpha value is -0.120. The van der Waals surface area contributed by atoms with E-state index in [4.69, 9.17) is 9.47 Å². The largest absolute Gasteiger partial charge is 0.388 e. The van der Waals surface area contributed by atoms with E-state index in [1.807, 2.05) is 6.92 Å². The SMILES string of the molecule is C[C@@H]1[C@H](C)[C@H]2CO[C@H](O2)[C@H]1O. The highest BCUT2D eigenvalue weighted by Crippen LogP contribution is 2.35. The number of fused-ring (bicyclic) bond motifs is 2. The van der Waals surface area contributed by atoms with Crippen molar-refractivity contribution in [1.29, 1.82) is 0 Å². The molecule has 2 bridgehead atoms. The van der Waals surface area contributed by atoms with Crippen LogP contribution >= 0.6 is 0 Å². The van der Waals surface area contributed by atoms with Crippen molar-refractivity contribution in [3.63, 3.8) is 0 Å². The first kappa shape index (κ1) is 7.53. The van der Waals surface area contributed by atoms with Crippen LogP contribution in [0.5, 0.6) is 0 Å². The van der Waals surface area contributed by atoms with Gasteiger partial charge in [0.25, 0.3) is 0 Å². The minimum atomic E-state index is -0.441. The van der Waals surface area contributed by atoms with Crippen LogP contribution in [0.25, 0.3) is 0 Å². The summed E-state index contributed by atoms with van der Waals surface area (Å²) in [4.78, 5) is 0. The maximum Gasteiger partial charge on any atom is 0.184 e. The minimum Gasteiger partial charge on any atom is -0.388 e. The Bertz CT molecular complexity index is 139. The highest BCUT2D eigenvalue weighted by molar-refractivity contribution is 4.88. The topological polar surface area (TPSA) is 38.7 Å². The lowest BCUT2D eigenvalue weighted by Crippen LogP contribution is -2.44. The fraction of sp³-hybridized carbons (Fsp3) is 1.00. The van der Waals surface area contributed by atoms with Gasteiger partial charge in [0.2, 0.25) is 0 Å². The van der Waals surface area contributed by atoms with Gasteiger partial charge >= 0.3 is 0 Å². The molecule has 0 saturated carbocycles. The van der Waals surface area contributed by atoms with Crippen molar-refractivity contribution in [3.8, 4) is 0 Å². The molecule has 0 amide bonds. The van der Waals surface area contributed by atoms with Gasteiger partial charge in [-0.25, -0.2) is 0 Å². The van der Waals surface area contributed by atoms with Crippen LogP contribution in [-0.2, 0) is 9.47 Å². The zero-order valence-electron chi connectivity index (χ0n) is 6.86. The molecule has 0 aromatic rings. The Morgan fingerprint density at radius 3 is 2.73 bits per heavy atom. The summed E-state index contributed by atoms with van der Waals surface area (Å²) in [6.07, 6.45) is -0.589. The van der Waals surface area contributed by atoms with Crippen LogP contribution in [0.2, 0.25) is 0 Å². The molecule has 2 saturated heterocycles. The predicted octanol–water partition coefficient (Wildman–Crippen LogP) is 0.375. The molecule has 5 atom stereocenters. The smallest absolute Gasteiger partial charge is 0.184 e. The van der Waals surface area contributed by atoms with E-state index >= 15 is 0 Å². The Labute approximate surface area is 66.3 Å². The Kier molecular flexibility index (Phi) is 1.67. The van der Waals surface area contributed by atoms with E-state index in [1.165, 1.54) is 0 Å². The van der Waals surface area contributed by atoms with Crippen LogP contribution in [0.4, 0.5) is 0 Å². The van der Waals surface area contributed by atoms with Gasteiger partial charge in [0.15, 0.2) is 6.29 Å². The molecule has 11 heavy (non-hydrogen) atoms. The Morgan fingerprint density at radius 1 is 1.27 bits per heavy atom. The molecule has 0 radical (unpaired) electrons. The summed E-state index contributed by atoms with van der Waals surface area (Å²) in [5, 5.41) is 9.58. The van der Waals surface area contributed by atoms with Gasteiger partial charge < -0.3 is 14.6 Å². The minimum absolute atomic E-state index is 0.207. The quantitative estimate of drug-likeness (QED) is 0.553. The summed E-state index contributed by atoms with van der Waals surface area (Å²) in [5.74, 6) is 0.699. The molecule has 0 aliphatic carbocycles. The van der Waals surface area contributed by atoms with Gasteiger partial charge in [0, 0.05) is 0 Å². The Balaban J connectivity index is 2.16. The predicted molar refractivity (Wildman–Crippen MR) is 38.9 cm³/mol. The molecule has 2 heterocycles. The second-order valence-corrected chi connectivity index (χ2v) is 3.59. The van der Waals surface area contributed by atoms with Crippen molar-refractivity contribution in [2.75, 3.05) is 6.61 Å². The van der Waals surface area contributed by atoms with E-state index in [9.17, 15) is 5.11 Å². The second-order valence-electron chi connectivity index (χ2n) is 3.59. The third kappa shape index (κ3) is 0.991. The van der Waals surface area contributed by atoms with E-state index in [-0.39, 0.29) is 12.4 Å². The van der Waals surface area contributed by atoms with Crippen LogP contribution in [0.15, 0.2) is 0 Å². The molecule has 64 valence electrons. The Morgan fingerprint density at radius 2 is 2.00 bits per heavy atom. The molecule has 3 heteroatoms. The second kappa shape index (κ2) is 2.44. The number of ether oxygens (including phenoxy) is 2. The van der Waals surface area contributed by atoms with Crippen molar-refractivity contribution in [1.82, 2.24) is 0 Å².